The fourth-order valence-corrected chi connectivity index (χ4v) is 3.27. The second-order valence-corrected chi connectivity index (χ2v) is 7.08. The van der Waals surface area contributed by atoms with Crippen LogP contribution in [0.25, 0.3) is 0 Å². The van der Waals surface area contributed by atoms with Crippen molar-refractivity contribution < 1.29 is 9.59 Å². The van der Waals surface area contributed by atoms with Gasteiger partial charge in [-0.15, -0.1) is 0 Å². The maximum Gasteiger partial charge on any atom is 0.251 e. The SMILES string of the molecule is CCN(CC)C(CNC(=O)CNC(=O)c1ccc(Cl)c(Cl)c1)c1ccccc1. The van der Waals surface area contributed by atoms with Crippen molar-refractivity contribution in [3.05, 3.63) is 69.7 Å². The summed E-state index contributed by atoms with van der Waals surface area (Å²) in [4.78, 5) is 26.7. The van der Waals surface area contributed by atoms with Gasteiger partial charge in [-0.25, -0.2) is 0 Å². The third kappa shape index (κ3) is 6.23. The summed E-state index contributed by atoms with van der Waals surface area (Å²) in [6, 6.07) is 14.7. The van der Waals surface area contributed by atoms with Gasteiger partial charge in [0.05, 0.1) is 22.6 Å². The van der Waals surface area contributed by atoms with E-state index in [0.29, 0.717) is 22.2 Å². The van der Waals surface area contributed by atoms with E-state index < -0.39 is 0 Å². The molecule has 0 aliphatic rings. The zero-order chi connectivity index (χ0) is 20.5. The standard InChI is InChI=1S/C21H25Cl2N3O2/c1-3-26(4-2)19(15-8-6-5-7-9-15)13-24-20(27)14-25-21(28)16-10-11-17(22)18(23)12-16/h5-12,19H,3-4,13-14H2,1-2H3,(H,24,27)(H,25,28). The highest BCUT2D eigenvalue weighted by molar-refractivity contribution is 6.42. The molecule has 0 aliphatic carbocycles. The highest BCUT2D eigenvalue weighted by Gasteiger charge is 2.19. The Kier molecular flexibility index (Phi) is 8.77. The number of halogens is 2. The molecule has 0 spiro atoms. The summed E-state index contributed by atoms with van der Waals surface area (Å²) in [7, 11) is 0. The predicted octanol–water partition coefficient (Wildman–Crippen LogP) is 3.92. The number of nitrogens with zero attached hydrogens (tertiary/aromatic N) is 1. The number of hydrogen-bond donors (Lipinski definition) is 2. The lowest BCUT2D eigenvalue weighted by atomic mass is 10.1. The normalized spacial score (nSPS) is 11.9. The van der Waals surface area contributed by atoms with Crippen LogP contribution in [0.4, 0.5) is 0 Å². The van der Waals surface area contributed by atoms with E-state index >= 15 is 0 Å². The van der Waals surface area contributed by atoms with E-state index in [2.05, 4.69) is 41.5 Å². The number of amides is 2. The van der Waals surface area contributed by atoms with Gasteiger partial charge in [0.25, 0.3) is 5.91 Å². The molecule has 0 aliphatic heterocycles. The molecule has 5 nitrogen and oxygen atoms in total. The van der Waals surface area contributed by atoms with Crippen molar-refractivity contribution in [1.29, 1.82) is 0 Å². The highest BCUT2D eigenvalue weighted by atomic mass is 35.5. The number of rotatable bonds is 9. The van der Waals surface area contributed by atoms with Gasteiger partial charge in [0.2, 0.25) is 5.91 Å². The lowest BCUT2D eigenvalue weighted by Gasteiger charge is -2.30. The molecule has 0 heterocycles. The summed E-state index contributed by atoms with van der Waals surface area (Å²) in [6.45, 7) is 6.30. The predicted molar refractivity (Wildman–Crippen MR) is 114 cm³/mol. The Balaban J connectivity index is 1.91. The zero-order valence-corrected chi connectivity index (χ0v) is 17.6. The van der Waals surface area contributed by atoms with Gasteiger partial charge in [0.15, 0.2) is 0 Å². The Morgan fingerprint density at radius 2 is 1.64 bits per heavy atom. The quantitative estimate of drug-likeness (QED) is 0.644. The molecule has 2 N–H and O–H groups in total. The van der Waals surface area contributed by atoms with Crippen molar-refractivity contribution >= 4 is 35.0 Å². The van der Waals surface area contributed by atoms with Crippen LogP contribution in [0, 0.1) is 0 Å². The Labute approximate surface area is 176 Å². The lowest BCUT2D eigenvalue weighted by molar-refractivity contribution is -0.120. The number of carbonyl (C=O) groups is 2. The molecule has 0 radical (unpaired) electrons. The highest BCUT2D eigenvalue weighted by Crippen LogP contribution is 2.22. The zero-order valence-electron chi connectivity index (χ0n) is 16.0. The average molecular weight is 422 g/mol. The minimum Gasteiger partial charge on any atom is -0.353 e. The monoisotopic (exact) mass is 421 g/mol. The molecule has 1 unspecified atom stereocenters. The second kappa shape index (κ2) is 11.1. The maximum atomic E-state index is 12.2. The van der Waals surface area contributed by atoms with Gasteiger partial charge in [-0.3, -0.25) is 14.5 Å². The van der Waals surface area contributed by atoms with Gasteiger partial charge >= 0.3 is 0 Å². The minimum atomic E-state index is -0.378. The smallest absolute Gasteiger partial charge is 0.251 e. The van der Waals surface area contributed by atoms with E-state index in [9.17, 15) is 9.59 Å². The van der Waals surface area contributed by atoms with Crippen LogP contribution in [0.2, 0.25) is 10.0 Å². The van der Waals surface area contributed by atoms with Crippen molar-refractivity contribution in [1.82, 2.24) is 15.5 Å². The van der Waals surface area contributed by atoms with Crippen molar-refractivity contribution in [3.8, 4) is 0 Å². The molecule has 2 rings (SSSR count). The minimum absolute atomic E-state index is 0.0749. The van der Waals surface area contributed by atoms with E-state index in [1.807, 2.05) is 18.2 Å². The number of hydrogen-bond acceptors (Lipinski definition) is 3. The van der Waals surface area contributed by atoms with E-state index in [0.717, 1.165) is 18.7 Å². The van der Waals surface area contributed by atoms with Crippen molar-refractivity contribution in [3.63, 3.8) is 0 Å². The molecule has 150 valence electrons. The summed E-state index contributed by atoms with van der Waals surface area (Å²) in [5.41, 5.74) is 1.50. The summed E-state index contributed by atoms with van der Waals surface area (Å²) in [6.07, 6.45) is 0. The van der Waals surface area contributed by atoms with Gasteiger partial charge in [-0.1, -0.05) is 67.4 Å². The van der Waals surface area contributed by atoms with Crippen LogP contribution < -0.4 is 10.6 Å². The van der Waals surface area contributed by atoms with Gasteiger partial charge in [0, 0.05) is 12.1 Å². The van der Waals surface area contributed by atoms with Crippen LogP contribution in [0.5, 0.6) is 0 Å². The Bertz CT molecular complexity index is 795. The van der Waals surface area contributed by atoms with Crippen LogP contribution in [-0.2, 0) is 4.79 Å². The number of likely N-dealkylation sites (N-methyl/N-ethyl adjacent to an activating group) is 1. The fourth-order valence-electron chi connectivity index (χ4n) is 2.97. The third-order valence-corrected chi connectivity index (χ3v) is 5.26. The van der Waals surface area contributed by atoms with Crippen molar-refractivity contribution in [2.75, 3.05) is 26.2 Å². The molecule has 0 bridgehead atoms. The Morgan fingerprint density at radius 3 is 2.25 bits per heavy atom. The van der Waals surface area contributed by atoms with E-state index in [4.69, 9.17) is 23.2 Å². The molecule has 0 saturated carbocycles. The first-order chi connectivity index (χ1) is 13.5. The van der Waals surface area contributed by atoms with Crippen LogP contribution in [0.3, 0.4) is 0 Å². The molecule has 0 saturated heterocycles. The first-order valence-corrected chi connectivity index (χ1v) is 10.0. The molecular weight excluding hydrogens is 397 g/mol. The first-order valence-electron chi connectivity index (χ1n) is 9.25. The van der Waals surface area contributed by atoms with Crippen LogP contribution in [-0.4, -0.2) is 42.9 Å². The summed E-state index contributed by atoms with van der Waals surface area (Å²) in [5.74, 6) is -0.626. The van der Waals surface area contributed by atoms with E-state index in [-0.39, 0.29) is 24.4 Å². The van der Waals surface area contributed by atoms with E-state index in [1.165, 1.54) is 6.07 Å². The van der Waals surface area contributed by atoms with Crippen molar-refractivity contribution in [2.45, 2.75) is 19.9 Å². The molecule has 2 aromatic rings. The second-order valence-electron chi connectivity index (χ2n) is 6.26. The molecular formula is C21H25Cl2N3O2. The Morgan fingerprint density at radius 1 is 0.964 bits per heavy atom. The topological polar surface area (TPSA) is 61.4 Å². The first kappa shape index (κ1) is 22.2. The molecule has 0 aromatic heterocycles. The molecule has 2 aromatic carbocycles. The van der Waals surface area contributed by atoms with Gasteiger partial charge < -0.3 is 10.6 Å². The molecule has 1 atom stereocenters. The van der Waals surface area contributed by atoms with Crippen LogP contribution in [0.1, 0.15) is 35.8 Å². The number of benzene rings is 2. The third-order valence-electron chi connectivity index (χ3n) is 4.52. The van der Waals surface area contributed by atoms with E-state index in [1.54, 1.807) is 12.1 Å². The average Bonchev–Trinajstić information content (AvgIpc) is 2.72. The Hall–Kier alpha value is -2.08. The summed E-state index contributed by atoms with van der Waals surface area (Å²) >= 11 is 11.8. The molecule has 7 heteroatoms. The van der Waals surface area contributed by atoms with Gasteiger partial charge in [0.1, 0.15) is 0 Å². The molecule has 2 amide bonds. The number of nitrogens with one attached hydrogen (secondary N) is 2. The van der Waals surface area contributed by atoms with Gasteiger partial charge in [-0.05, 0) is 36.9 Å². The maximum absolute atomic E-state index is 12.2. The van der Waals surface area contributed by atoms with Crippen LogP contribution >= 0.6 is 23.2 Å². The largest absolute Gasteiger partial charge is 0.353 e. The molecule has 0 fully saturated rings. The summed E-state index contributed by atoms with van der Waals surface area (Å²) in [5, 5.41) is 6.18. The number of carbonyl (C=O) groups excluding carboxylic acids is 2. The lowest BCUT2D eigenvalue weighted by Crippen LogP contribution is -2.42. The van der Waals surface area contributed by atoms with Crippen LogP contribution in [0.15, 0.2) is 48.5 Å². The fraction of sp³-hybridized carbons (Fsp3) is 0.333. The molecule has 28 heavy (non-hydrogen) atoms. The van der Waals surface area contributed by atoms with Gasteiger partial charge in [-0.2, -0.15) is 0 Å². The van der Waals surface area contributed by atoms with Crippen molar-refractivity contribution in [2.24, 2.45) is 0 Å². The summed E-state index contributed by atoms with van der Waals surface area (Å²) < 4.78 is 0.